The second-order valence-electron chi connectivity index (χ2n) is 0.911. The zero-order valence-corrected chi connectivity index (χ0v) is 4.87. The third-order valence-corrected chi connectivity index (χ3v) is 0.609. The van der Waals surface area contributed by atoms with Gasteiger partial charge in [-0.05, 0) is 0 Å². The van der Waals surface area contributed by atoms with Crippen molar-refractivity contribution in [3.8, 4) is 5.63 Å². The maximum atomic E-state index is 10.1. The van der Waals surface area contributed by atoms with Gasteiger partial charge in [-0.25, -0.2) is 0 Å². The van der Waals surface area contributed by atoms with Crippen LogP contribution in [0.2, 0.25) is 0 Å². The Morgan fingerprint density at radius 2 is 2.57 bits per heavy atom. The zero-order valence-electron chi connectivity index (χ0n) is 3.97. The van der Waals surface area contributed by atoms with E-state index in [2.05, 4.69) is 19.2 Å². The van der Waals surface area contributed by atoms with Crippen LogP contribution in [0, 0.1) is 10.8 Å². The van der Waals surface area contributed by atoms with Crippen LogP contribution < -0.4 is 5.23 Å². The van der Waals surface area contributed by atoms with E-state index in [0.29, 0.717) is 0 Å². The Kier molecular flexibility index (Phi) is 4.31. The number of hydroxylamine groups is 2. The molecule has 0 aliphatic carbocycles. The Morgan fingerprint density at radius 3 is 2.71 bits per heavy atom. The van der Waals surface area contributed by atoms with Crippen molar-refractivity contribution < 1.29 is 10.1 Å². The molecule has 0 aliphatic heterocycles. The van der Waals surface area contributed by atoms with Gasteiger partial charge in [-0.15, -0.1) is 0 Å². The van der Waals surface area contributed by atoms with Crippen LogP contribution >= 0.6 is 8.70 Å². The van der Waals surface area contributed by atoms with Gasteiger partial charge in [0.15, 0.2) is 0 Å². The van der Waals surface area contributed by atoms with Gasteiger partial charge < -0.3 is 0 Å². The molecule has 4 heteroatoms. The topological polar surface area (TPSA) is 36.7 Å². The normalized spacial score (nSPS) is 12.7. The molecule has 0 aromatic rings. The van der Waals surface area contributed by atoms with Crippen LogP contribution in [0.25, 0.3) is 0 Å². The fraction of sp³-hybridized carbons (Fsp3) is 0.667. The van der Waals surface area contributed by atoms with Gasteiger partial charge in [0, 0.05) is 0 Å². The van der Waals surface area contributed by atoms with Crippen LogP contribution in [0.4, 0.5) is 0 Å². The fourth-order valence-corrected chi connectivity index (χ4v) is 0.266. The van der Waals surface area contributed by atoms with Crippen LogP contribution in [-0.2, 0) is 4.84 Å². The number of nitrogens with one attached hydrogen (secondary N) is 1. The van der Waals surface area contributed by atoms with Crippen LogP contribution in [0.15, 0.2) is 0 Å². The average Bonchev–Trinajstić information content (AvgIpc) is 1.68. The van der Waals surface area contributed by atoms with Gasteiger partial charge in [0.05, 0.1) is 0 Å². The SMILES string of the molecule is CO[NH+]([O-])CC#P. The van der Waals surface area contributed by atoms with Gasteiger partial charge in [0.25, 0.3) is 0 Å². The first kappa shape index (κ1) is 7.09. The fourth-order valence-electron chi connectivity index (χ4n) is 0.137. The monoisotopic (exact) mass is 119 g/mol. The molecule has 0 spiro atoms. The van der Waals surface area contributed by atoms with Gasteiger partial charge in [-0.2, -0.15) is 0 Å². The van der Waals surface area contributed by atoms with E-state index in [0.717, 1.165) is 0 Å². The van der Waals surface area contributed by atoms with E-state index >= 15 is 0 Å². The predicted molar refractivity (Wildman–Crippen MR) is 27.0 cm³/mol. The molecule has 0 aromatic carbocycles. The molecule has 0 saturated carbocycles. The summed E-state index contributed by atoms with van der Waals surface area (Å²) in [5.41, 5.74) is 2.34. The quantitative estimate of drug-likeness (QED) is 0.385. The summed E-state index contributed by atoms with van der Waals surface area (Å²) >= 11 is 0. The van der Waals surface area contributed by atoms with Crippen molar-refractivity contribution in [1.29, 1.82) is 0 Å². The van der Waals surface area contributed by atoms with Gasteiger partial charge in [-0.3, -0.25) is 0 Å². The number of rotatable bonds is 2. The summed E-state index contributed by atoms with van der Waals surface area (Å²) in [6, 6.07) is 0. The Hall–Kier alpha value is 0.0900. The summed E-state index contributed by atoms with van der Waals surface area (Å²) in [5.74, 6) is 0. The van der Waals surface area contributed by atoms with Crippen molar-refractivity contribution in [1.82, 2.24) is 0 Å². The molecule has 3 nitrogen and oxygen atoms in total. The van der Waals surface area contributed by atoms with Gasteiger partial charge >= 0.3 is 43.2 Å². The van der Waals surface area contributed by atoms with Crippen molar-refractivity contribution >= 4 is 8.70 Å². The molecule has 0 aromatic heterocycles. The molecule has 40 valence electrons. The molecule has 0 rings (SSSR count). The zero-order chi connectivity index (χ0) is 5.70. The van der Waals surface area contributed by atoms with E-state index in [1.54, 1.807) is 0 Å². The summed E-state index contributed by atoms with van der Waals surface area (Å²) < 4.78 is 0. The van der Waals surface area contributed by atoms with Crippen LogP contribution in [0.1, 0.15) is 0 Å². The van der Waals surface area contributed by atoms with Gasteiger partial charge in [0.2, 0.25) is 0 Å². The molecule has 0 bridgehead atoms. The minimum absolute atomic E-state index is 0.152. The summed E-state index contributed by atoms with van der Waals surface area (Å²) in [6.45, 7) is 0.152. The Morgan fingerprint density at radius 1 is 2.00 bits per heavy atom. The second-order valence-corrected chi connectivity index (χ2v) is 1.23. The standard InChI is InChI=1S/C3H6NO2P/c1-6-4(5)2-3-7/h4H,2H2,1H3. The van der Waals surface area contributed by atoms with E-state index < -0.39 is 0 Å². The molecular formula is C3H6NO2P. The summed E-state index contributed by atoms with van der Waals surface area (Å²) in [7, 11) is 4.89. The molecule has 0 amide bonds. The first-order valence-electron chi connectivity index (χ1n) is 1.75. The minimum atomic E-state index is -0.310. The Labute approximate surface area is 44.3 Å². The Balaban J connectivity index is 3.03. The van der Waals surface area contributed by atoms with E-state index in [9.17, 15) is 5.21 Å². The van der Waals surface area contributed by atoms with Crippen molar-refractivity contribution in [3.63, 3.8) is 0 Å². The molecular weight excluding hydrogens is 113 g/mol. The van der Waals surface area contributed by atoms with Gasteiger partial charge in [-0.1, -0.05) is 0 Å². The van der Waals surface area contributed by atoms with Crippen LogP contribution in [0.5, 0.6) is 0 Å². The summed E-state index contributed by atoms with van der Waals surface area (Å²) in [5, 5.41) is 9.77. The van der Waals surface area contributed by atoms with Crippen molar-refractivity contribution in [3.05, 3.63) is 5.21 Å². The molecule has 0 radical (unpaired) electrons. The van der Waals surface area contributed by atoms with E-state index in [-0.39, 0.29) is 11.8 Å². The van der Waals surface area contributed by atoms with Crippen LogP contribution in [-0.4, -0.2) is 13.7 Å². The number of quaternary nitrogens is 1. The third-order valence-electron chi connectivity index (χ3n) is 0.451. The summed E-state index contributed by atoms with van der Waals surface area (Å²) in [6.07, 6.45) is 0. The first-order chi connectivity index (χ1) is 3.31. The molecule has 1 atom stereocenters. The summed E-state index contributed by atoms with van der Waals surface area (Å²) in [4.78, 5) is 4.24. The van der Waals surface area contributed by atoms with Crippen molar-refractivity contribution in [2.24, 2.45) is 0 Å². The Bertz CT molecular complexity index is 79.5. The maximum absolute atomic E-state index is 10.1. The molecule has 1 N–H and O–H groups in total. The number of hydrogen-bond acceptors (Lipinski definition) is 2. The molecule has 0 fully saturated rings. The average molecular weight is 119 g/mol. The van der Waals surface area contributed by atoms with Crippen molar-refractivity contribution in [2.75, 3.05) is 13.7 Å². The third kappa shape index (κ3) is 3.93. The van der Waals surface area contributed by atoms with Gasteiger partial charge in [0.1, 0.15) is 0 Å². The molecule has 0 saturated heterocycles. The molecule has 1 unspecified atom stereocenters. The first-order valence-corrected chi connectivity index (χ1v) is 2.19. The predicted octanol–water partition coefficient (Wildman–Crippen LogP) is -0.700. The second kappa shape index (κ2) is 4.25. The van der Waals surface area contributed by atoms with E-state index in [4.69, 9.17) is 0 Å². The van der Waals surface area contributed by atoms with Crippen LogP contribution in [0.3, 0.4) is 0 Å². The molecule has 0 aliphatic rings. The molecule has 0 heterocycles. The van der Waals surface area contributed by atoms with E-state index in [1.807, 2.05) is 0 Å². The van der Waals surface area contributed by atoms with Crippen molar-refractivity contribution in [2.45, 2.75) is 0 Å². The number of hydrogen-bond donors (Lipinski definition) is 1. The molecule has 7 heavy (non-hydrogen) atoms. The van der Waals surface area contributed by atoms with E-state index in [1.165, 1.54) is 7.11 Å².